The number of likely N-dealkylation sites (tertiary alicyclic amines) is 1. The molecule has 0 radical (unpaired) electrons. The second kappa shape index (κ2) is 8.97. The van der Waals surface area contributed by atoms with Crippen LogP contribution in [0.4, 0.5) is 0 Å². The first-order chi connectivity index (χ1) is 14.5. The van der Waals surface area contributed by atoms with E-state index in [2.05, 4.69) is 4.72 Å². The zero-order chi connectivity index (χ0) is 22.8. The predicted molar refractivity (Wildman–Crippen MR) is 116 cm³/mol. The van der Waals surface area contributed by atoms with Gasteiger partial charge in [0.15, 0.2) is 9.84 Å². The minimum atomic E-state index is -3.95. The molecule has 1 unspecified atom stereocenters. The van der Waals surface area contributed by atoms with Crippen LogP contribution >= 0.6 is 0 Å². The first-order valence-corrected chi connectivity index (χ1v) is 13.2. The number of hydrogen-bond acceptors (Lipinski definition) is 6. The molecule has 2 aromatic carbocycles. The van der Waals surface area contributed by atoms with Gasteiger partial charge in [-0.2, -0.15) is 0 Å². The molecule has 1 amide bonds. The Morgan fingerprint density at radius 3 is 2.13 bits per heavy atom. The van der Waals surface area contributed by atoms with E-state index in [1.165, 1.54) is 37.4 Å². The van der Waals surface area contributed by atoms with Gasteiger partial charge in [-0.3, -0.25) is 4.79 Å². The second-order valence-corrected chi connectivity index (χ2v) is 11.3. The van der Waals surface area contributed by atoms with Gasteiger partial charge < -0.3 is 9.64 Å². The number of nitrogens with zero attached hydrogens (tertiary/aromatic N) is 1. The highest BCUT2D eigenvalue weighted by atomic mass is 32.2. The van der Waals surface area contributed by atoms with E-state index in [4.69, 9.17) is 4.74 Å². The van der Waals surface area contributed by atoms with Crippen LogP contribution < -0.4 is 9.46 Å². The Morgan fingerprint density at radius 2 is 1.58 bits per heavy atom. The maximum Gasteiger partial charge on any atom is 0.257 e. The highest BCUT2D eigenvalue weighted by Gasteiger charge is 2.26. The number of carbonyl (C=O) groups is 1. The molecule has 0 aromatic heterocycles. The minimum absolute atomic E-state index is 0.0459. The summed E-state index contributed by atoms with van der Waals surface area (Å²) in [6.45, 7) is 2.93. The summed E-state index contributed by atoms with van der Waals surface area (Å²) in [6.07, 6.45) is 2.95. The maximum absolute atomic E-state index is 13.0. The smallest absolute Gasteiger partial charge is 0.257 e. The van der Waals surface area contributed by atoms with Gasteiger partial charge in [0.1, 0.15) is 5.75 Å². The van der Waals surface area contributed by atoms with Crippen LogP contribution in [-0.4, -0.2) is 54.1 Å². The molecular formula is C21H26N2O6S2. The fourth-order valence-electron chi connectivity index (χ4n) is 3.48. The van der Waals surface area contributed by atoms with Crippen LogP contribution in [0.15, 0.2) is 52.3 Å². The summed E-state index contributed by atoms with van der Waals surface area (Å²) in [5, 5.41) is 0. The number of rotatable bonds is 7. The Labute approximate surface area is 183 Å². The van der Waals surface area contributed by atoms with Crippen LogP contribution in [0.1, 0.15) is 41.7 Å². The first kappa shape index (κ1) is 23.2. The van der Waals surface area contributed by atoms with Crippen molar-refractivity contribution in [3.8, 4) is 5.75 Å². The van der Waals surface area contributed by atoms with Crippen LogP contribution in [0.5, 0.6) is 5.75 Å². The second-order valence-electron chi connectivity index (χ2n) is 7.55. The summed E-state index contributed by atoms with van der Waals surface area (Å²) in [4.78, 5) is 14.6. The quantitative estimate of drug-likeness (QED) is 0.671. The number of amides is 1. The van der Waals surface area contributed by atoms with Crippen molar-refractivity contribution < 1.29 is 26.4 Å². The Morgan fingerprint density at radius 1 is 1.00 bits per heavy atom. The zero-order valence-electron chi connectivity index (χ0n) is 17.7. The molecule has 3 rings (SSSR count). The van der Waals surface area contributed by atoms with Crippen LogP contribution in [0.2, 0.25) is 0 Å². The number of hydrogen-bond donors (Lipinski definition) is 1. The topological polar surface area (TPSA) is 110 Å². The minimum Gasteiger partial charge on any atom is -0.496 e. The molecule has 168 valence electrons. The zero-order valence-corrected chi connectivity index (χ0v) is 19.3. The van der Waals surface area contributed by atoms with Crippen molar-refractivity contribution in [3.05, 3.63) is 53.6 Å². The van der Waals surface area contributed by atoms with E-state index < -0.39 is 25.9 Å². The van der Waals surface area contributed by atoms with Gasteiger partial charge in [-0.15, -0.1) is 0 Å². The van der Waals surface area contributed by atoms with E-state index in [-0.39, 0.29) is 21.3 Å². The lowest BCUT2D eigenvalue weighted by Gasteiger charge is -2.19. The third-order valence-corrected chi connectivity index (χ3v) is 7.91. The lowest BCUT2D eigenvalue weighted by molar-refractivity contribution is 0.0789. The van der Waals surface area contributed by atoms with Crippen LogP contribution in [-0.2, 0) is 19.9 Å². The predicted octanol–water partition coefficient (Wildman–Crippen LogP) is 2.37. The molecule has 1 fully saturated rings. The molecule has 1 N–H and O–H groups in total. The highest BCUT2D eigenvalue weighted by Crippen LogP contribution is 2.26. The van der Waals surface area contributed by atoms with Gasteiger partial charge >= 0.3 is 0 Å². The van der Waals surface area contributed by atoms with Crippen molar-refractivity contribution in [2.24, 2.45) is 0 Å². The Hall–Kier alpha value is -2.43. The van der Waals surface area contributed by atoms with Crippen molar-refractivity contribution in [1.29, 1.82) is 0 Å². The van der Waals surface area contributed by atoms with E-state index >= 15 is 0 Å². The molecule has 1 aliphatic heterocycles. The van der Waals surface area contributed by atoms with Gasteiger partial charge in [0, 0.05) is 25.4 Å². The Bertz CT molecular complexity index is 1170. The molecule has 0 spiro atoms. The fraction of sp³-hybridized carbons (Fsp3) is 0.381. The average molecular weight is 467 g/mol. The number of sulfonamides is 1. The van der Waals surface area contributed by atoms with Crippen LogP contribution in [0.3, 0.4) is 0 Å². The molecule has 10 heteroatoms. The third kappa shape index (κ3) is 5.25. The molecule has 8 nitrogen and oxygen atoms in total. The molecule has 1 saturated heterocycles. The van der Waals surface area contributed by atoms with E-state index in [0.717, 1.165) is 19.1 Å². The fourth-order valence-corrected chi connectivity index (χ4v) is 5.37. The van der Waals surface area contributed by atoms with Gasteiger partial charge in [0.25, 0.3) is 5.91 Å². The number of ether oxygens (including phenoxy) is 1. The lowest BCUT2D eigenvalue weighted by Crippen LogP contribution is -2.29. The number of benzene rings is 2. The monoisotopic (exact) mass is 466 g/mol. The molecule has 2 aromatic rings. The van der Waals surface area contributed by atoms with Gasteiger partial charge in [-0.05, 0) is 55.7 Å². The SMILES string of the molecule is COc1ccc(S(=O)(=O)NC(C)c2ccc(S(C)(=O)=O)cc2)cc1C(=O)N1CCCC1. The van der Waals surface area contributed by atoms with E-state index in [0.29, 0.717) is 24.4 Å². The Kier molecular flexibility index (Phi) is 6.73. The van der Waals surface area contributed by atoms with Gasteiger partial charge in [0.2, 0.25) is 10.0 Å². The van der Waals surface area contributed by atoms with E-state index in [9.17, 15) is 21.6 Å². The van der Waals surface area contributed by atoms with Crippen molar-refractivity contribution in [1.82, 2.24) is 9.62 Å². The molecule has 0 aliphatic carbocycles. The normalized spacial score (nSPS) is 15.6. The lowest BCUT2D eigenvalue weighted by atomic mass is 10.1. The molecule has 0 bridgehead atoms. The largest absolute Gasteiger partial charge is 0.496 e. The molecule has 31 heavy (non-hydrogen) atoms. The van der Waals surface area contributed by atoms with Gasteiger partial charge in [0.05, 0.1) is 22.5 Å². The van der Waals surface area contributed by atoms with Crippen LogP contribution in [0, 0.1) is 0 Å². The third-order valence-electron chi connectivity index (χ3n) is 5.25. The maximum atomic E-state index is 13.0. The van der Waals surface area contributed by atoms with Gasteiger partial charge in [-0.1, -0.05) is 12.1 Å². The summed E-state index contributed by atoms with van der Waals surface area (Å²) >= 11 is 0. The number of carbonyl (C=O) groups excluding carboxylic acids is 1. The van der Waals surface area contributed by atoms with Gasteiger partial charge in [-0.25, -0.2) is 21.6 Å². The molecule has 1 heterocycles. The van der Waals surface area contributed by atoms with Crippen molar-refractivity contribution in [2.45, 2.75) is 35.6 Å². The summed E-state index contributed by atoms with van der Waals surface area (Å²) in [7, 11) is -5.85. The Balaban J connectivity index is 1.85. The molecule has 1 atom stereocenters. The number of sulfone groups is 1. The molecule has 1 aliphatic rings. The number of methoxy groups -OCH3 is 1. The summed E-state index contributed by atoms with van der Waals surface area (Å²) in [5.41, 5.74) is 0.815. The number of nitrogens with one attached hydrogen (secondary N) is 1. The summed E-state index contributed by atoms with van der Waals surface area (Å²) in [6, 6.07) is 9.61. The standard InChI is InChI=1S/C21H26N2O6S2/c1-15(16-6-8-17(9-7-16)30(3,25)26)22-31(27,28)18-10-11-20(29-2)19(14-18)21(24)23-12-4-5-13-23/h6-11,14-15,22H,4-5,12-13H2,1-3H3. The summed E-state index contributed by atoms with van der Waals surface area (Å²) < 4.78 is 57.0. The van der Waals surface area contributed by atoms with Crippen molar-refractivity contribution in [3.63, 3.8) is 0 Å². The van der Waals surface area contributed by atoms with E-state index in [1.54, 1.807) is 24.0 Å². The average Bonchev–Trinajstić information content (AvgIpc) is 3.26. The van der Waals surface area contributed by atoms with E-state index in [1.807, 2.05) is 0 Å². The first-order valence-electron chi connectivity index (χ1n) is 9.82. The molecule has 0 saturated carbocycles. The van der Waals surface area contributed by atoms with Crippen molar-refractivity contribution in [2.75, 3.05) is 26.5 Å². The van der Waals surface area contributed by atoms with Crippen molar-refractivity contribution >= 4 is 25.8 Å². The highest BCUT2D eigenvalue weighted by molar-refractivity contribution is 7.90. The summed E-state index contributed by atoms with van der Waals surface area (Å²) in [5.74, 6) is 0.0658. The molecular weight excluding hydrogens is 440 g/mol. The van der Waals surface area contributed by atoms with Crippen LogP contribution in [0.25, 0.3) is 0 Å².